The van der Waals surface area contributed by atoms with Gasteiger partial charge in [-0.15, -0.1) is 0 Å². The summed E-state index contributed by atoms with van der Waals surface area (Å²) in [6.07, 6.45) is 5.63. The van der Waals surface area contributed by atoms with Crippen LogP contribution in [0.4, 0.5) is 0 Å². The molecule has 2 N–H and O–H groups in total. The number of methoxy groups -OCH3 is 1. The second kappa shape index (κ2) is 5.83. The SMILES string of the molecule is CCCCCC1(C)C[C@H](N)c2cc(OC)ccc2O1. The number of ether oxygens (including phenoxy) is 2. The molecule has 1 aliphatic heterocycles. The van der Waals surface area contributed by atoms with E-state index >= 15 is 0 Å². The van der Waals surface area contributed by atoms with E-state index in [2.05, 4.69) is 13.8 Å². The molecule has 19 heavy (non-hydrogen) atoms. The van der Waals surface area contributed by atoms with Crippen LogP contribution in [-0.4, -0.2) is 12.7 Å². The maximum absolute atomic E-state index is 6.31. The van der Waals surface area contributed by atoms with Gasteiger partial charge in [0.1, 0.15) is 17.1 Å². The van der Waals surface area contributed by atoms with E-state index in [0.717, 1.165) is 29.9 Å². The lowest BCUT2D eigenvalue weighted by molar-refractivity contribution is 0.0429. The summed E-state index contributed by atoms with van der Waals surface area (Å²) < 4.78 is 11.4. The molecule has 2 atom stereocenters. The highest BCUT2D eigenvalue weighted by Crippen LogP contribution is 2.41. The van der Waals surface area contributed by atoms with Gasteiger partial charge in [-0.05, 0) is 38.0 Å². The van der Waals surface area contributed by atoms with E-state index in [0.29, 0.717) is 0 Å². The minimum atomic E-state index is -0.129. The van der Waals surface area contributed by atoms with Crippen molar-refractivity contribution in [3.63, 3.8) is 0 Å². The highest BCUT2D eigenvalue weighted by atomic mass is 16.5. The summed E-state index contributed by atoms with van der Waals surface area (Å²) in [6.45, 7) is 4.40. The van der Waals surface area contributed by atoms with Crippen LogP contribution in [0.2, 0.25) is 0 Å². The molecule has 3 heteroatoms. The first-order chi connectivity index (χ1) is 9.08. The first kappa shape index (κ1) is 14.2. The van der Waals surface area contributed by atoms with Gasteiger partial charge in [0.05, 0.1) is 7.11 Å². The summed E-state index contributed by atoms with van der Waals surface area (Å²) >= 11 is 0. The molecule has 0 radical (unpaired) electrons. The Balaban J connectivity index is 2.15. The Morgan fingerprint density at radius 2 is 2.21 bits per heavy atom. The van der Waals surface area contributed by atoms with Crippen LogP contribution in [0.3, 0.4) is 0 Å². The topological polar surface area (TPSA) is 44.5 Å². The van der Waals surface area contributed by atoms with Crippen molar-refractivity contribution in [2.75, 3.05) is 7.11 Å². The molecule has 0 amide bonds. The summed E-state index contributed by atoms with van der Waals surface area (Å²) in [5.41, 5.74) is 7.25. The third kappa shape index (κ3) is 3.21. The average molecular weight is 263 g/mol. The number of hydrogen-bond donors (Lipinski definition) is 1. The Bertz CT molecular complexity index is 433. The summed E-state index contributed by atoms with van der Waals surface area (Å²) in [5, 5.41) is 0. The van der Waals surface area contributed by atoms with Crippen molar-refractivity contribution >= 4 is 0 Å². The number of nitrogens with two attached hydrogens (primary N) is 1. The van der Waals surface area contributed by atoms with Crippen LogP contribution in [-0.2, 0) is 0 Å². The van der Waals surface area contributed by atoms with Gasteiger partial charge in [0.2, 0.25) is 0 Å². The van der Waals surface area contributed by atoms with E-state index < -0.39 is 0 Å². The molecule has 1 unspecified atom stereocenters. The van der Waals surface area contributed by atoms with Crippen molar-refractivity contribution in [3.05, 3.63) is 23.8 Å². The molecule has 1 heterocycles. The van der Waals surface area contributed by atoms with Crippen LogP contribution in [0.5, 0.6) is 11.5 Å². The number of fused-ring (bicyclic) bond motifs is 1. The second-order valence-electron chi connectivity index (χ2n) is 5.72. The van der Waals surface area contributed by atoms with E-state index in [1.165, 1.54) is 19.3 Å². The molecule has 0 saturated heterocycles. The fourth-order valence-corrected chi connectivity index (χ4v) is 2.82. The minimum absolute atomic E-state index is 0.0328. The van der Waals surface area contributed by atoms with E-state index in [1.54, 1.807) is 7.11 Å². The Labute approximate surface area is 116 Å². The molecule has 1 aromatic rings. The molecule has 1 aliphatic rings. The van der Waals surface area contributed by atoms with Gasteiger partial charge < -0.3 is 15.2 Å². The summed E-state index contributed by atoms with van der Waals surface area (Å²) in [6, 6.07) is 5.94. The quantitative estimate of drug-likeness (QED) is 0.821. The Morgan fingerprint density at radius 3 is 2.89 bits per heavy atom. The molecule has 3 nitrogen and oxygen atoms in total. The zero-order chi connectivity index (χ0) is 13.9. The lowest BCUT2D eigenvalue weighted by Crippen LogP contribution is -2.40. The fourth-order valence-electron chi connectivity index (χ4n) is 2.82. The monoisotopic (exact) mass is 263 g/mol. The van der Waals surface area contributed by atoms with Crippen LogP contribution in [0, 0.1) is 0 Å². The van der Waals surface area contributed by atoms with Gasteiger partial charge in [0, 0.05) is 18.0 Å². The van der Waals surface area contributed by atoms with Gasteiger partial charge in [-0.2, -0.15) is 0 Å². The van der Waals surface area contributed by atoms with Crippen molar-refractivity contribution < 1.29 is 9.47 Å². The molecule has 0 fully saturated rings. The molecule has 0 spiro atoms. The number of hydrogen-bond acceptors (Lipinski definition) is 3. The maximum Gasteiger partial charge on any atom is 0.125 e. The van der Waals surface area contributed by atoms with Crippen LogP contribution in [0.1, 0.15) is 57.6 Å². The molecule has 0 aliphatic carbocycles. The van der Waals surface area contributed by atoms with Gasteiger partial charge in [-0.1, -0.05) is 19.8 Å². The van der Waals surface area contributed by atoms with Crippen molar-refractivity contribution in [1.29, 1.82) is 0 Å². The van der Waals surface area contributed by atoms with Gasteiger partial charge in [-0.3, -0.25) is 0 Å². The van der Waals surface area contributed by atoms with E-state index in [1.807, 2.05) is 18.2 Å². The predicted molar refractivity (Wildman–Crippen MR) is 77.7 cm³/mol. The number of rotatable bonds is 5. The first-order valence-corrected chi connectivity index (χ1v) is 7.20. The van der Waals surface area contributed by atoms with Gasteiger partial charge in [0.15, 0.2) is 0 Å². The predicted octanol–water partition coefficient (Wildman–Crippen LogP) is 3.82. The maximum atomic E-state index is 6.31. The smallest absolute Gasteiger partial charge is 0.125 e. The molecule has 2 rings (SSSR count). The second-order valence-corrected chi connectivity index (χ2v) is 5.72. The highest BCUT2D eigenvalue weighted by Gasteiger charge is 2.35. The summed E-state index contributed by atoms with van der Waals surface area (Å²) in [7, 11) is 1.67. The van der Waals surface area contributed by atoms with Crippen LogP contribution >= 0.6 is 0 Å². The molecule has 0 saturated carbocycles. The Kier molecular flexibility index (Phi) is 4.35. The largest absolute Gasteiger partial charge is 0.497 e. The third-order valence-corrected chi connectivity index (χ3v) is 3.93. The van der Waals surface area contributed by atoms with Gasteiger partial charge in [0.25, 0.3) is 0 Å². The molecule has 0 bridgehead atoms. The van der Waals surface area contributed by atoms with Gasteiger partial charge in [-0.25, -0.2) is 0 Å². The fraction of sp³-hybridized carbons (Fsp3) is 0.625. The van der Waals surface area contributed by atoms with Crippen molar-refractivity contribution in [1.82, 2.24) is 0 Å². The summed E-state index contributed by atoms with van der Waals surface area (Å²) in [5.74, 6) is 1.76. The Morgan fingerprint density at radius 1 is 1.42 bits per heavy atom. The zero-order valence-electron chi connectivity index (χ0n) is 12.2. The molecular weight excluding hydrogens is 238 g/mol. The van der Waals surface area contributed by atoms with E-state index in [4.69, 9.17) is 15.2 Å². The van der Waals surface area contributed by atoms with Crippen molar-refractivity contribution in [3.8, 4) is 11.5 Å². The Hall–Kier alpha value is -1.22. The lowest BCUT2D eigenvalue weighted by atomic mass is 9.85. The molecule has 106 valence electrons. The number of benzene rings is 1. The standard InChI is InChI=1S/C16H25NO2/c1-4-5-6-9-16(2)11-14(17)13-10-12(18-3)7-8-15(13)19-16/h7-8,10,14H,4-6,9,11,17H2,1-3H3/t14-,16?/m0/s1. The van der Waals surface area contributed by atoms with Crippen LogP contribution in [0.15, 0.2) is 18.2 Å². The average Bonchev–Trinajstić information content (AvgIpc) is 2.38. The summed E-state index contributed by atoms with van der Waals surface area (Å²) in [4.78, 5) is 0. The number of unbranched alkanes of at least 4 members (excludes halogenated alkanes) is 2. The van der Waals surface area contributed by atoms with Crippen molar-refractivity contribution in [2.24, 2.45) is 5.73 Å². The molecule has 0 aromatic heterocycles. The van der Waals surface area contributed by atoms with E-state index in [9.17, 15) is 0 Å². The minimum Gasteiger partial charge on any atom is -0.497 e. The molecule has 1 aromatic carbocycles. The van der Waals surface area contributed by atoms with Gasteiger partial charge >= 0.3 is 0 Å². The van der Waals surface area contributed by atoms with Crippen molar-refractivity contribution in [2.45, 2.75) is 57.6 Å². The van der Waals surface area contributed by atoms with E-state index in [-0.39, 0.29) is 11.6 Å². The zero-order valence-corrected chi connectivity index (χ0v) is 12.2. The van der Waals surface area contributed by atoms with Crippen LogP contribution in [0.25, 0.3) is 0 Å². The lowest BCUT2D eigenvalue weighted by Gasteiger charge is -2.39. The normalized spacial score (nSPS) is 25.6. The highest BCUT2D eigenvalue weighted by molar-refractivity contribution is 5.44. The third-order valence-electron chi connectivity index (χ3n) is 3.93. The van der Waals surface area contributed by atoms with Crippen LogP contribution < -0.4 is 15.2 Å². The molecular formula is C16H25NO2. The first-order valence-electron chi connectivity index (χ1n) is 7.20.